The van der Waals surface area contributed by atoms with Gasteiger partial charge in [-0.3, -0.25) is 4.79 Å². The molecule has 0 saturated heterocycles. The fourth-order valence-electron chi connectivity index (χ4n) is 2.52. The number of rotatable bonds is 4. The molecule has 0 spiro atoms. The molecular weight excluding hydrogens is 304 g/mol. The molecule has 0 bridgehead atoms. The number of aromatic nitrogens is 1. The van der Waals surface area contributed by atoms with Crippen molar-refractivity contribution in [2.45, 2.75) is 13.8 Å². The van der Waals surface area contributed by atoms with Crippen LogP contribution in [-0.2, 0) is 0 Å². The first-order chi connectivity index (χ1) is 11.6. The third-order valence-corrected chi connectivity index (χ3v) is 3.82. The molecule has 1 N–H and O–H groups in total. The summed E-state index contributed by atoms with van der Waals surface area (Å²) in [4.78, 5) is 12.8. The molecule has 5 nitrogen and oxygen atoms in total. The van der Waals surface area contributed by atoms with E-state index in [2.05, 4.69) is 10.5 Å². The van der Waals surface area contributed by atoms with Crippen LogP contribution < -0.4 is 10.1 Å². The van der Waals surface area contributed by atoms with E-state index >= 15 is 0 Å². The van der Waals surface area contributed by atoms with Gasteiger partial charge in [-0.15, -0.1) is 0 Å². The number of nitrogens with zero attached hydrogens (tertiary/aromatic N) is 1. The largest absolute Gasteiger partial charge is 0.497 e. The van der Waals surface area contributed by atoms with E-state index in [4.69, 9.17) is 9.26 Å². The summed E-state index contributed by atoms with van der Waals surface area (Å²) in [5.74, 6) is 0.981. The summed E-state index contributed by atoms with van der Waals surface area (Å²) in [7, 11) is 1.61. The van der Waals surface area contributed by atoms with Crippen molar-refractivity contribution in [2.75, 3.05) is 12.4 Å². The highest BCUT2D eigenvalue weighted by Crippen LogP contribution is 2.27. The Morgan fingerprint density at radius 1 is 1.12 bits per heavy atom. The predicted molar refractivity (Wildman–Crippen MR) is 92.4 cm³/mol. The number of aryl methyl sites for hydroxylation is 2. The maximum absolute atomic E-state index is 12.8. The summed E-state index contributed by atoms with van der Waals surface area (Å²) in [5, 5.41) is 6.96. The summed E-state index contributed by atoms with van der Waals surface area (Å²) in [6, 6.07) is 15.0. The van der Waals surface area contributed by atoms with Crippen molar-refractivity contribution in [2.24, 2.45) is 0 Å². The monoisotopic (exact) mass is 322 g/mol. The summed E-state index contributed by atoms with van der Waals surface area (Å²) < 4.78 is 10.4. The van der Waals surface area contributed by atoms with Crippen LogP contribution in [0.5, 0.6) is 5.75 Å². The number of methoxy groups -OCH3 is 1. The van der Waals surface area contributed by atoms with E-state index in [1.54, 1.807) is 20.1 Å². The van der Waals surface area contributed by atoms with Crippen molar-refractivity contribution < 1.29 is 14.1 Å². The summed E-state index contributed by atoms with van der Waals surface area (Å²) >= 11 is 0. The molecule has 3 aromatic rings. The molecule has 0 aliphatic heterocycles. The van der Waals surface area contributed by atoms with Crippen LogP contribution in [0.1, 0.15) is 21.7 Å². The maximum Gasteiger partial charge on any atom is 0.261 e. The van der Waals surface area contributed by atoms with E-state index < -0.39 is 0 Å². The topological polar surface area (TPSA) is 64.4 Å². The van der Waals surface area contributed by atoms with Gasteiger partial charge in [0.25, 0.3) is 5.91 Å². The van der Waals surface area contributed by atoms with Crippen molar-refractivity contribution in [1.82, 2.24) is 5.16 Å². The van der Waals surface area contributed by atoms with E-state index in [1.807, 2.05) is 49.4 Å². The highest BCUT2D eigenvalue weighted by Gasteiger charge is 2.22. The zero-order valence-corrected chi connectivity index (χ0v) is 13.8. The number of ether oxygens (including phenoxy) is 1. The van der Waals surface area contributed by atoms with Gasteiger partial charge >= 0.3 is 0 Å². The minimum Gasteiger partial charge on any atom is -0.497 e. The Hall–Kier alpha value is -3.08. The molecular formula is C19H18N2O3. The quantitative estimate of drug-likeness (QED) is 0.781. The molecule has 24 heavy (non-hydrogen) atoms. The number of benzene rings is 2. The predicted octanol–water partition coefficient (Wildman–Crippen LogP) is 4.22. The molecule has 0 unspecified atom stereocenters. The number of amides is 1. The van der Waals surface area contributed by atoms with Gasteiger partial charge in [-0.2, -0.15) is 0 Å². The second-order valence-corrected chi connectivity index (χ2v) is 5.46. The smallest absolute Gasteiger partial charge is 0.261 e. The Labute approximate surface area is 140 Å². The molecule has 2 aromatic carbocycles. The van der Waals surface area contributed by atoms with Gasteiger partial charge in [-0.25, -0.2) is 0 Å². The van der Waals surface area contributed by atoms with Crippen LogP contribution in [0, 0.1) is 13.8 Å². The van der Waals surface area contributed by atoms with Crippen LogP contribution in [0.3, 0.4) is 0 Å². The molecule has 0 aliphatic rings. The number of hydrogen-bond donors (Lipinski definition) is 1. The number of carbonyl (C=O) groups is 1. The first-order valence-corrected chi connectivity index (χ1v) is 7.58. The lowest BCUT2D eigenvalue weighted by Gasteiger charge is -2.10. The van der Waals surface area contributed by atoms with Crippen LogP contribution >= 0.6 is 0 Å². The van der Waals surface area contributed by atoms with Crippen molar-refractivity contribution >= 4 is 11.6 Å². The average molecular weight is 322 g/mol. The third-order valence-electron chi connectivity index (χ3n) is 3.82. The van der Waals surface area contributed by atoms with Gasteiger partial charge in [0.15, 0.2) is 0 Å². The molecule has 1 amide bonds. The van der Waals surface area contributed by atoms with Gasteiger partial charge in [-0.05, 0) is 37.6 Å². The van der Waals surface area contributed by atoms with Gasteiger partial charge < -0.3 is 14.6 Å². The fraction of sp³-hybridized carbons (Fsp3) is 0.158. The van der Waals surface area contributed by atoms with E-state index in [9.17, 15) is 4.79 Å². The number of anilines is 1. The standard InChI is InChI=1S/C19H18N2O3/c1-12-11-15(23-3)9-10-16(12)20-19(22)17-13(2)24-21-18(17)14-7-5-4-6-8-14/h4-11H,1-3H3,(H,20,22). The summed E-state index contributed by atoms with van der Waals surface area (Å²) in [6.07, 6.45) is 0. The average Bonchev–Trinajstić information content (AvgIpc) is 2.99. The highest BCUT2D eigenvalue weighted by molar-refractivity contribution is 6.09. The number of nitrogens with one attached hydrogen (secondary N) is 1. The van der Waals surface area contributed by atoms with E-state index in [-0.39, 0.29) is 5.91 Å². The van der Waals surface area contributed by atoms with Crippen molar-refractivity contribution in [3.63, 3.8) is 0 Å². The Morgan fingerprint density at radius 2 is 1.88 bits per heavy atom. The van der Waals surface area contributed by atoms with Crippen LogP contribution in [0.4, 0.5) is 5.69 Å². The molecule has 122 valence electrons. The lowest BCUT2D eigenvalue weighted by Crippen LogP contribution is -2.14. The van der Waals surface area contributed by atoms with Crippen molar-refractivity contribution in [3.8, 4) is 17.0 Å². The molecule has 1 aromatic heterocycles. The SMILES string of the molecule is COc1ccc(NC(=O)c2c(-c3ccccc3)noc2C)c(C)c1. The first kappa shape index (κ1) is 15.8. The number of carbonyl (C=O) groups excluding carboxylic acids is 1. The third kappa shape index (κ3) is 3.01. The summed E-state index contributed by atoms with van der Waals surface area (Å²) in [5.41, 5.74) is 3.46. The zero-order valence-electron chi connectivity index (χ0n) is 13.8. The molecule has 0 saturated carbocycles. The Morgan fingerprint density at radius 3 is 2.54 bits per heavy atom. The Bertz CT molecular complexity index is 870. The van der Waals surface area contributed by atoms with Gasteiger partial charge in [0.05, 0.1) is 7.11 Å². The lowest BCUT2D eigenvalue weighted by molar-refractivity contribution is 0.102. The molecule has 0 fully saturated rings. The van der Waals surface area contributed by atoms with Crippen LogP contribution in [-0.4, -0.2) is 18.2 Å². The van der Waals surface area contributed by atoms with Crippen molar-refractivity contribution in [1.29, 1.82) is 0 Å². The second kappa shape index (κ2) is 6.58. The first-order valence-electron chi connectivity index (χ1n) is 7.58. The number of hydrogen-bond acceptors (Lipinski definition) is 4. The molecule has 1 heterocycles. The van der Waals surface area contributed by atoms with Gasteiger partial charge in [0.1, 0.15) is 22.8 Å². The highest BCUT2D eigenvalue weighted by atomic mass is 16.5. The van der Waals surface area contributed by atoms with Gasteiger partial charge in [-0.1, -0.05) is 35.5 Å². The van der Waals surface area contributed by atoms with Crippen LogP contribution in [0.25, 0.3) is 11.3 Å². The Balaban J connectivity index is 1.93. The van der Waals surface area contributed by atoms with Crippen LogP contribution in [0.2, 0.25) is 0 Å². The van der Waals surface area contributed by atoms with E-state index in [1.165, 1.54) is 0 Å². The van der Waals surface area contributed by atoms with E-state index in [0.717, 1.165) is 22.6 Å². The maximum atomic E-state index is 12.8. The molecule has 3 rings (SSSR count). The second-order valence-electron chi connectivity index (χ2n) is 5.46. The van der Waals surface area contributed by atoms with E-state index in [0.29, 0.717) is 17.0 Å². The molecule has 0 radical (unpaired) electrons. The molecule has 0 aliphatic carbocycles. The molecule has 0 atom stereocenters. The molecule has 5 heteroatoms. The zero-order chi connectivity index (χ0) is 17.1. The lowest BCUT2D eigenvalue weighted by atomic mass is 10.1. The van der Waals surface area contributed by atoms with Gasteiger partial charge in [0.2, 0.25) is 0 Å². The summed E-state index contributed by atoms with van der Waals surface area (Å²) in [6.45, 7) is 3.64. The fourth-order valence-corrected chi connectivity index (χ4v) is 2.52. The van der Waals surface area contributed by atoms with Gasteiger partial charge in [0, 0.05) is 11.3 Å². The van der Waals surface area contributed by atoms with Crippen molar-refractivity contribution in [3.05, 3.63) is 65.4 Å². The minimum atomic E-state index is -0.249. The van der Waals surface area contributed by atoms with Crippen LogP contribution in [0.15, 0.2) is 53.1 Å². The normalized spacial score (nSPS) is 10.5. The Kier molecular flexibility index (Phi) is 4.33. The minimum absolute atomic E-state index is 0.249.